The first-order chi connectivity index (χ1) is 12.2. The maximum Gasteiger partial charge on any atom is 0.258 e. The number of pyridine rings is 1. The summed E-state index contributed by atoms with van der Waals surface area (Å²) in [5, 5.41) is 11.6. The molecule has 0 atom stereocenters. The van der Waals surface area contributed by atoms with Gasteiger partial charge < -0.3 is 5.32 Å². The smallest absolute Gasteiger partial charge is 0.258 e. The molecular weight excluding hydrogens is 312 g/mol. The number of aromatic nitrogens is 3. The molecule has 0 saturated heterocycles. The molecule has 2 aromatic heterocycles. The quantitative estimate of drug-likeness (QED) is 0.592. The summed E-state index contributed by atoms with van der Waals surface area (Å²) in [7, 11) is 0. The Kier molecular flexibility index (Phi) is 3.74. The van der Waals surface area contributed by atoms with Crippen molar-refractivity contribution in [2.45, 2.75) is 6.92 Å². The number of carbonyl (C=O) groups excluding carboxylic acids is 1. The fraction of sp³-hybridized carbons (Fsp3) is 0.0500. The van der Waals surface area contributed by atoms with Gasteiger partial charge in [-0.3, -0.25) is 14.9 Å². The highest BCUT2D eigenvalue weighted by Gasteiger charge is 2.09. The third-order valence-corrected chi connectivity index (χ3v) is 4.21. The molecule has 2 N–H and O–H groups in total. The maximum absolute atomic E-state index is 12.2. The number of fused-ring (bicyclic) bond motifs is 1. The van der Waals surface area contributed by atoms with Gasteiger partial charge in [-0.1, -0.05) is 18.2 Å². The number of aryl methyl sites for hydroxylation is 1. The third-order valence-electron chi connectivity index (χ3n) is 4.21. The molecule has 5 nitrogen and oxygen atoms in total. The van der Waals surface area contributed by atoms with Gasteiger partial charge in [0.15, 0.2) is 0 Å². The van der Waals surface area contributed by atoms with Crippen LogP contribution in [0.3, 0.4) is 0 Å². The standard InChI is InChI=1S/C20H16N4O/c1-13-2-5-18(24-20(25)17-11-22-23-12-17)9-19(13)15-4-3-14-6-7-21-10-16(14)8-15/h2-12H,1H3,(H,22,23)(H,24,25). The number of hydrogen-bond acceptors (Lipinski definition) is 3. The number of amides is 1. The van der Waals surface area contributed by atoms with E-state index in [9.17, 15) is 4.79 Å². The molecule has 5 heteroatoms. The summed E-state index contributed by atoms with van der Waals surface area (Å²) >= 11 is 0. The van der Waals surface area contributed by atoms with Crippen LogP contribution in [0, 0.1) is 6.92 Å². The first kappa shape index (κ1) is 15.1. The number of benzene rings is 2. The third kappa shape index (κ3) is 2.99. The van der Waals surface area contributed by atoms with E-state index in [1.165, 1.54) is 6.20 Å². The van der Waals surface area contributed by atoms with Crippen molar-refractivity contribution in [2.75, 3.05) is 5.32 Å². The van der Waals surface area contributed by atoms with Crippen LogP contribution >= 0.6 is 0 Å². The number of nitrogens with one attached hydrogen (secondary N) is 2. The first-order valence-corrected chi connectivity index (χ1v) is 7.96. The van der Waals surface area contributed by atoms with Crippen LogP contribution in [0.1, 0.15) is 15.9 Å². The summed E-state index contributed by atoms with van der Waals surface area (Å²) in [6.45, 7) is 2.06. The second-order valence-corrected chi connectivity index (χ2v) is 5.91. The van der Waals surface area contributed by atoms with E-state index in [2.05, 4.69) is 45.6 Å². The van der Waals surface area contributed by atoms with Gasteiger partial charge in [-0.2, -0.15) is 5.10 Å². The molecule has 2 heterocycles. The highest BCUT2D eigenvalue weighted by Crippen LogP contribution is 2.29. The Morgan fingerprint density at radius 3 is 2.80 bits per heavy atom. The summed E-state index contributed by atoms with van der Waals surface area (Å²) in [6.07, 6.45) is 6.72. The minimum absolute atomic E-state index is 0.189. The van der Waals surface area contributed by atoms with E-state index in [-0.39, 0.29) is 5.91 Å². The van der Waals surface area contributed by atoms with Gasteiger partial charge in [0.2, 0.25) is 0 Å². The first-order valence-electron chi connectivity index (χ1n) is 7.96. The van der Waals surface area contributed by atoms with Crippen LogP contribution in [0.2, 0.25) is 0 Å². The van der Waals surface area contributed by atoms with Crippen LogP contribution in [0.4, 0.5) is 5.69 Å². The van der Waals surface area contributed by atoms with Crippen molar-refractivity contribution in [3.63, 3.8) is 0 Å². The van der Waals surface area contributed by atoms with E-state index in [1.54, 1.807) is 12.4 Å². The second-order valence-electron chi connectivity index (χ2n) is 5.91. The Morgan fingerprint density at radius 2 is 1.96 bits per heavy atom. The monoisotopic (exact) mass is 328 g/mol. The number of aromatic amines is 1. The Morgan fingerprint density at radius 1 is 1.04 bits per heavy atom. The normalized spacial score (nSPS) is 10.8. The predicted molar refractivity (Wildman–Crippen MR) is 98.5 cm³/mol. The zero-order valence-corrected chi connectivity index (χ0v) is 13.7. The van der Waals surface area contributed by atoms with Gasteiger partial charge in [-0.25, -0.2) is 0 Å². The lowest BCUT2D eigenvalue weighted by Gasteiger charge is -2.11. The van der Waals surface area contributed by atoms with E-state index < -0.39 is 0 Å². The Hall–Kier alpha value is -3.47. The van der Waals surface area contributed by atoms with Crippen LogP contribution in [0.15, 0.2) is 67.3 Å². The zero-order chi connectivity index (χ0) is 17.2. The molecule has 0 saturated carbocycles. The van der Waals surface area contributed by atoms with E-state index >= 15 is 0 Å². The van der Waals surface area contributed by atoms with Crippen molar-refractivity contribution in [3.8, 4) is 11.1 Å². The van der Waals surface area contributed by atoms with E-state index in [0.717, 1.165) is 33.2 Å². The van der Waals surface area contributed by atoms with Gasteiger partial charge in [-0.15, -0.1) is 0 Å². The van der Waals surface area contributed by atoms with Crippen LogP contribution in [-0.2, 0) is 0 Å². The molecule has 4 rings (SSSR count). The fourth-order valence-corrected chi connectivity index (χ4v) is 2.84. The van der Waals surface area contributed by atoms with E-state index in [1.807, 2.05) is 30.5 Å². The Bertz CT molecular complexity index is 1050. The molecule has 4 aromatic rings. The Balaban J connectivity index is 1.70. The molecule has 0 spiro atoms. The Labute approximate surface area is 144 Å². The fourth-order valence-electron chi connectivity index (χ4n) is 2.84. The average molecular weight is 328 g/mol. The van der Waals surface area contributed by atoms with E-state index in [4.69, 9.17) is 0 Å². The maximum atomic E-state index is 12.2. The van der Waals surface area contributed by atoms with Crippen LogP contribution < -0.4 is 5.32 Å². The molecule has 122 valence electrons. The summed E-state index contributed by atoms with van der Waals surface area (Å²) in [5.41, 5.74) is 4.56. The van der Waals surface area contributed by atoms with Crippen molar-refractivity contribution in [1.82, 2.24) is 15.2 Å². The topological polar surface area (TPSA) is 70.7 Å². The summed E-state index contributed by atoms with van der Waals surface area (Å²) in [6, 6.07) is 14.2. The molecular formula is C20H16N4O. The van der Waals surface area contributed by atoms with Crippen LogP contribution in [0.5, 0.6) is 0 Å². The molecule has 0 aliphatic carbocycles. The molecule has 0 fully saturated rings. The molecule has 25 heavy (non-hydrogen) atoms. The van der Waals surface area contributed by atoms with Crippen LogP contribution in [-0.4, -0.2) is 21.1 Å². The number of nitrogens with zero attached hydrogens (tertiary/aromatic N) is 2. The minimum Gasteiger partial charge on any atom is -0.322 e. The second kappa shape index (κ2) is 6.20. The van der Waals surface area contributed by atoms with Crippen molar-refractivity contribution in [3.05, 3.63) is 78.4 Å². The van der Waals surface area contributed by atoms with Crippen LogP contribution in [0.25, 0.3) is 21.9 Å². The number of hydrogen-bond donors (Lipinski definition) is 2. The lowest BCUT2D eigenvalue weighted by Crippen LogP contribution is -2.11. The van der Waals surface area contributed by atoms with Crippen molar-refractivity contribution < 1.29 is 4.79 Å². The molecule has 2 aromatic carbocycles. The predicted octanol–water partition coefficient (Wildman–Crippen LogP) is 4.19. The van der Waals surface area contributed by atoms with Gasteiger partial charge in [-0.05, 0) is 53.3 Å². The summed E-state index contributed by atoms with van der Waals surface area (Å²) in [5.74, 6) is -0.189. The van der Waals surface area contributed by atoms with Gasteiger partial charge >= 0.3 is 0 Å². The number of anilines is 1. The number of H-pyrrole nitrogens is 1. The lowest BCUT2D eigenvalue weighted by molar-refractivity contribution is 0.102. The largest absolute Gasteiger partial charge is 0.322 e. The molecule has 0 radical (unpaired) electrons. The number of carbonyl (C=O) groups is 1. The highest BCUT2D eigenvalue weighted by atomic mass is 16.1. The van der Waals surface area contributed by atoms with Crippen molar-refractivity contribution in [1.29, 1.82) is 0 Å². The molecule has 0 unspecified atom stereocenters. The highest BCUT2D eigenvalue weighted by molar-refractivity contribution is 6.04. The average Bonchev–Trinajstić information content (AvgIpc) is 3.18. The van der Waals surface area contributed by atoms with Crippen molar-refractivity contribution >= 4 is 22.4 Å². The van der Waals surface area contributed by atoms with Gasteiger partial charge in [0.1, 0.15) is 0 Å². The van der Waals surface area contributed by atoms with Gasteiger partial charge in [0.25, 0.3) is 5.91 Å². The summed E-state index contributed by atoms with van der Waals surface area (Å²) in [4.78, 5) is 16.4. The molecule has 0 aliphatic rings. The van der Waals surface area contributed by atoms with E-state index in [0.29, 0.717) is 5.56 Å². The number of rotatable bonds is 3. The van der Waals surface area contributed by atoms with Gasteiger partial charge in [0, 0.05) is 29.7 Å². The lowest BCUT2D eigenvalue weighted by atomic mass is 9.98. The van der Waals surface area contributed by atoms with Gasteiger partial charge in [0.05, 0.1) is 11.8 Å². The molecule has 0 aliphatic heterocycles. The summed E-state index contributed by atoms with van der Waals surface area (Å²) < 4.78 is 0. The molecule has 1 amide bonds. The van der Waals surface area contributed by atoms with Crippen molar-refractivity contribution in [2.24, 2.45) is 0 Å². The molecule has 0 bridgehead atoms. The minimum atomic E-state index is -0.189. The SMILES string of the molecule is Cc1ccc(NC(=O)c2cn[nH]c2)cc1-c1ccc2ccncc2c1. The zero-order valence-electron chi connectivity index (χ0n) is 13.7.